The minimum absolute atomic E-state index is 0.0851. The van der Waals surface area contributed by atoms with Gasteiger partial charge in [0, 0.05) is 31.9 Å². The minimum atomic E-state index is -0.0851. The van der Waals surface area contributed by atoms with Crippen LogP contribution in [0.25, 0.3) is 0 Å². The van der Waals surface area contributed by atoms with Gasteiger partial charge in [0.25, 0.3) is 0 Å². The Morgan fingerprint density at radius 2 is 2.08 bits per heavy atom. The van der Waals surface area contributed by atoms with Crippen LogP contribution in [0.2, 0.25) is 0 Å². The van der Waals surface area contributed by atoms with Crippen LogP contribution < -0.4 is 10.6 Å². The van der Waals surface area contributed by atoms with Crippen molar-refractivity contribution in [1.29, 1.82) is 0 Å². The molecule has 1 atom stereocenters. The molecule has 24 heavy (non-hydrogen) atoms. The van der Waals surface area contributed by atoms with Gasteiger partial charge in [0.05, 0.1) is 13.1 Å². The normalized spacial score (nSPS) is 20.1. The Balaban J connectivity index is 1.50. The molecule has 2 aromatic rings. The highest BCUT2D eigenvalue weighted by Crippen LogP contribution is 2.31. The van der Waals surface area contributed by atoms with Crippen molar-refractivity contribution in [1.82, 2.24) is 19.2 Å². The number of para-hydroxylation sites is 1. The van der Waals surface area contributed by atoms with Gasteiger partial charge in [0.15, 0.2) is 0 Å². The van der Waals surface area contributed by atoms with E-state index in [1.807, 2.05) is 23.1 Å². The third-order valence-electron chi connectivity index (χ3n) is 4.92. The van der Waals surface area contributed by atoms with Crippen molar-refractivity contribution in [3.63, 3.8) is 0 Å². The third kappa shape index (κ3) is 2.36. The Bertz CT molecular complexity index is 853. The number of aryl methyl sites for hydroxylation is 1. The molecule has 126 valence electrons. The van der Waals surface area contributed by atoms with Crippen LogP contribution in [-0.4, -0.2) is 44.3 Å². The first-order valence-corrected chi connectivity index (χ1v) is 8.29. The molecule has 1 unspecified atom stereocenters. The van der Waals surface area contributed by atoms with Crippen LogP contribution in [0.15, 0.2) is 29.1 Å². The summed E-state index contributed by atoms with van der Waals surface area (Å²) in [4.78, 5) is 28.7. The molecular weight excluding hydrogens is 306 g/mol. The molecule has 1 aromatic carbocycles. The second-order valence-electron chi connectivity index (χ2n) is 6.63. The molecule has 0 radical (unpaired) electrons. The molecule has 7 heteroatoms. The van der Waals surface area contributed by atoms with Gasteiger partial charge in [-0.05, 0) is 25.0 Å². The molecule has 0 saturated carbocycles. The van der Waals surface area contributed by atoms with Crippen LogP contribution in [0.5, 0.6) is 0 Å². The van der Waals surface area contributed by atoms with E-state index in [2.05, 4.69) is 23.0 Å². The van der Waals surface area contributed by atoms with Gasteiger partial charge in [-0.15, -0.1) is 0 Å². The number of amides is 1. The van der Waals surface area contributed by atoms with Gasteiger partial charge in [-0.3, -0.25) is 14.3 Å². The summed E-state index contributed by atoms with van der Waals surface area (Å²) in [6.45, 7) is 4.25. The first kappa shape index (κ1) is 15.1. The summed E-state index contributed by atoms with van der Waals surface area (Å²) in [6.07, 6.45) is 0.904. The standard InChI is InChI=1S/C17H21N5O2/c1-12-9-13-5-3-4-6-14(13)22(12)16(23)11-20-7-8-21-15(10-20)18-19(2)17(21)24/h3-6,12H,7-11H2,1-2H3. The van der Waals surface area contributed by atoms with Gasteiger partial charge in [-0.2, -0.15) is 5.10 Å². The monoisotopic (exact) mass is 327 g/mol. The fourth-order valence-electron chi connectivity index (χ4n) is 3.77. The summed E-state index contributed by atoms with van der Waals surface area (Å²) >= 11 is 0. The molecule has 3 heterocycles. The van der Waals surface area contributed by atoms with E-state index in [1.54, 1.807) is 11.6 Å². The molecule has 0 aliphatic carbocycles. The van der Waals surface area contributed by atoms with E-state index in [0.717, 1.165) is 17.9 Å². The highest BCUT2D eigenvalue weighted by molar-refractivity contribution is 5.97. The van der Waals surface area contributed by atoms with Crippen LogP contribution in [0.4, 0.5) is 5.69 Å². The van der Waals surface area contributed by atoms with E-state index >= 15 is 0 Å². The lowest BCUT2D eigenvalue weighted by molar-refractivity contribution is -0.120. The van der Waals surface area contributed by atoms with E-state index in [9.17, 15) is 9.59 Å². The highest BCUT2D eigenvalue weighted by Gasteiger charge is 2.32. The molecule has 2 aliphatic heterocycles. The molecule has 0 N–H and O–H groups in total. The first-order valence-electron chi connectivity index (χ1n) is 8.29. The number of aromatic nitrogens is 3. The summed E-state index contributed by atoms with van der Waals surface area (Å²) in [5.74, 6) is 0.843. The van der Waals surface area contributed by atoms with Crippen molar-refractivity contribution >= 4 is 11.6 Å². The second-order valence-corrected chi connectivity index (χ2v) is 6.63. The number of anilines is 1. The molecule has 1 amide bonds. The quantitative estimate of drug-likeness (QED) is 0.800. The van der Waals surface area contributed by atoms with Crippen LogP contribution in [-0.2, 0) is 31.4 Å². The fraction of sp³-hybridized carbons (Fsp3) is 0.471. The summed E-state index contributed by atoms with van der Waals surface area (Å²) < 4.78 is 3.05. The Labute approximate surface area is 140 Å². The van der Waals surface area contributed by atoms with Crippen LogP contribution in [0, 0.1) is 0 Å². The van der Waals surface area contributed by atoms with Crippen LogP contribution in [0.1, 0.15) is 18.3 Å². The average molecular weight is 327 g/mol. The zero-order chi connectivity index (χ0) is 16.8. The molecule has 1 aromatic heterocycles. The smallest absolute Gasteiger partial charge is 0.308 e. The minimum Gasteiger partial charge on any atom is -0.308 e. The van der Waals surface area contributed by atoms with Crippen molar-refractivity contribution in [2.24, 2.45) is 7.05 Å². The maximum Gasteiger partial charge on any atom is 0.345 e. The Morgan fingerprint density at radius 1 is 1.29 bits per heavy atom. The lowest BCUT2D eigenvalue weighted by Crippen LogP contribution is -2.46. The lowest BCUT2D eigenvalue weighted by Gasteiger charge is -2.29. The fourth-order valence-corrected chi connectivity index (χ4v) is 3.77. The first-order chi connectivity index (χ1) is 11.5. The maximum atomic E-state index is 12.9. The number of rotatable bonds is 2. The molecule has 4 rings (SSSR count). The molecule has 0 fully saturated rings. The van der Waals surface area contributed by atoms with Gasteiger partial charge < -0.3 is 4.90 Å². The second kappa shape index (κ2) is 5.59. The predicted octanol–water partition coefficient (Wildman–Crippen LogP) is 0.375. The van der Waals surface area contributed by atoms with Gasteiger partial charge in [-0.1, -0.05) is 18.2 Å². The number of hydrogen-bond acceptors (Lipinski definition) is 4. The maximum absolute atomic E-state index is 12.9. The van der Waals surface area contributed by atoms with E-state index in [0.29, 0.717) is 26.2 Å². The molecule has 2 aliphatic rings. The number of nitrogens with zero attached hydrogens (tertiary/aromatic N) is 5. The van der Waals surface area contributed by atoms with Gasteiger partial charge in [-0.25, -0.2) is 9.48 Å². The van der Waals surface area contributed by atoms with E-state index in [-0.39, 0.29) is 17.6 Å². The van der Waals surface area contributed by atoms with Gasteiger partial charge in [0.1, 0.15) is 5.82 Å². The SMILES string of the molecule is CC1Cc2ccccc2N1C(=O)CN1CCn2c(nn(C)c2=O)C1. The molecule has 0 saturated heterocycles. The zero-order valence-electron chi connectivity index (χ0n) is 14.0. The van der Waals surface area contributed by atoms with Crippen molar-refractivity contribution < 1.29 is 4.79 Å². The summed E-state index contributed by atoms with van der Waals surface area (Å²) in [5.41, 5.74) is 2.18. The van der Waals surface area contributed by atoms with Crippen LogP contribution >= 0.6 is 0 Å². The Morgan fingerprint density at radius 3 is 2.92 bits per heavy atom. The zero-order valence-corrected chi connectivity index (χ0v) is 14.0. The number of benzene rings is 1. The largest absolute Gasteiger partial charge is 0.345 e. The summed E-state index contributed by atoms with van der Waals surface area (Å²) in [5, 5.41) is 4.26. The Hall–Kier alpha value is -2.41. The summed E-state index contributed by atoms with van der Waals surface area (Å²) in [7, 11) is 1.66. The lowest BCUT2D eigenvalue weighted by atomic mass is 10.1. The van der Waals surface area contributed by atoms with Crippen molar-refractivity contribution in [2.45, 2.75) is 32.5 Å². The predicted molar refractivity (Wildman–Crippen MR) is 89.8 cm³/mol. The van der Waals surface area contributed by atoms with Gasteiger partial charge >= 0.3 is 5.69 Å². The van der Waals surface area contributed by atoms with Crippen molar-refractivity contribution in [2.75, 3.05) is 18.0 Å². The van der Waals surface area contributed by atoms with E-state index in [4.69, 9.17) is 0 Å². The van der Waals surface area contributed by atoms with Crippen molar-refractivity contribution in [3.05, 3.63) is 46.1 Å². The number of fused-ring (bicyclic) bond motifs is 2. The number of hydrogen-bond donors (Lipinski definition) is 0. The summed E-state index contributed by atoms with van der Waals surface area (Å²) in [6, 6.07) is 8.29. The van der Waals surface area contributed by atoms with Gasteiger partial charge in [0.2, 0.25) is 5.91 Å². The van der Waals surface area contributed by atoms with E-state index < -0.39 is 0 Å². The molecular formula is C17H21N5O2. The van der Waals surface area contributed by atoms with E-state index in [1.165, 1.54) is 10.2 Å². The third-order valence-corrected chi connectivity index (χ3v) is 4.92. The Kier molecular flexibility index (Phi) is 3.53. The number of carbonyl (C=O) groups is 1. The van der Waals surface area contributed by atoms with Crippen LogP contribution in [0.3, 0.4) is 0 Å². The molecule has 0 bridgehead atoms. The molecule has 7 nitrogen and oxygen atoms in total. The average Bonchev–Trinajstić information content (AvgIpc) is 3.03. The van der Waals surface area contributed by atoms with Crippen molar-refractivity contribution in [3.8, 4) is 0 Å². The highest BCUT2D eigenvalue weighted by atomic mass is 16.2. The topological polar surface area (TPSA) is 63.4 Å². The number of carbonyl (C=O) groups excluding carboxylic acids is 1. The molecule has 0 spiro atoms.